The van der Waals surface area contributed by atoms with Crippen LogP contribution in [0.1, 0.15) is 0 Å². The largest absolute Gasteiger partial charge is 0.383 e. The minimum Gasteiger partial charge on any atom is -0.383 e. The number of rotatable bonds is 4. The molecule has 2 aromatic heterocycles. The fourth-order valence-electron chi connectivity index (χ4n) is 2.03. The molecule has 0 spiro atoms. The molecule has 0 aliphatic heterocycles. The summed E-state index contributed by atoms with van der Waals surface area (Å²) < 4.78 is 2.11. The Morgan fingerprint density at radius 2 is 2.00 bits per heavy atom. The number of nitrogens with one attached hydrogen (secondary N) is 1. The van der Waals surface area contributed by atoms with Crippen molar-refractivity contribution in [1.82, 2.24) is 19.7 Å². The fourth-order valence-corrected chi connectivity index (χ4v) is 2.47. The first-order valence-electron chi connectivity index (χ1n) is 6.90. The van der Waals surface area contributed by atoms with Crippen LogP contribution in [-0.2, 0) is 0 Å². The van der Waals surface area contributed by atoms with Crippen molar-refractivity contribution in [2.45, 2.75) is 0 Å². The number of halogens is 2. The van der Waals surface area contributed by atoms with Gasteiger partial charge in [-0.05, 0) is 33.6 Å². The Hall–Kier alpha value is -2.56. The summed E-state index contributed by atoms with van der Waals surface area (Å²) in [5, 5.41) is 7.97. The van der Waals surface area contributed by atoms with Gasteiger partial charge in [-0.3, -0.25) is 0 Å². The molecule has 1 aromatic carbocycles. The topological polar surface area (TPSA) is 81.7 Å². The molecule has 0 unspecified atom stereocenters. The Morgan fingerprint density at radius 1 is 1.25 bits per heavy atom. The first-order valence-corrected chi connectivity index (χ1v) is 8.07. The van der Waals surface area contributed by atoms with Crippen molar-refractivity contribution in [2.75, 3.05) is 17.6 Å². The normalized spacial score (nSPS) is 10.4. The monoisotopic (exact) mass is 402 g/mol. The molecule has 3 aromatic rings. The summed E-state index contributed by atoms with van der Waals surface area (Å²) >= 11 is 9.25. The van der Waals surface area contributed by atoms with E-state index in [1.807, 2.05) is 30.5 Å². The van der Waals surface area contributed by atoms with E-state index >= 15 is 0 Å². The van der Waals surface area contributed by atoms with Gasteiger partial charge >= 0.3 is 0 Å². The molecule has 0 radical (unpaired) electrons. The van der Waals surface area contributed by atoms with Crippen molar-refractivity contribution in [2.24, 2.45) is 0 Å². The van der Waals surface area contributed by atoms with E-state index in [9.17, 15) is 0 Å². The molecule has 0 bridgehead atoms. The first-order chi connectivity index (χ1) is 11.6. The molecule has 0 aliphatic rings. The molecule has 2 heterocycles. The van der Waals surface area contributed by atoms with Gasteiger partial charge < -0.3 is 11.1 Å². The number of nitrogens with zero attached hydrogens (tertiary/aromatic N) is 4. The maximum Gasteiger partial charge on any atom is 0.254 e. The van der Waals surface area contributed by atoms with Gasteiger partial charge in [0.25, 0.3) is 5.95 Å². The van der Waals surface area contributed by atoms with Gasteiger partial charge in [-0.1, -0.05) is 29.7 Å². The third-order valence-electron chi connectivity index (χ3n) is 3.19. The van der Waals surface area contributed by atoms with E-state index in [0.29, 0.717) is 33.6 Å². The number of terminal acetylenes is 1. The SMILES string of the molecule is C#CCNc1nc(-n2cc(-c3ccc(Cl)cc3)cn2)nc(N)c1Br. The molecule has 0 fully saturated rings. The Bertz CT molecular complexity index is 913. The Morgan fingerprint density at radius 3 is 2.71 bits per heavy atom. The molecule has 6 nitrogen and oxygen atoms in total. The lowest BCUT2D eigenvalue weighted by atomic mass is 10.1. The first kappa shape index (κ1) is 16.3. The van der Waals surface area contributed by atoms with Gasteiger partial charge in [0.1, 0.15) is 16.1 Å². The molecule has 8 heteroatoms. The van der Waals surface area contributed by atoms with E-state index in [0.717, 1.165) is 11.1 Å². The molecule has 3 N–H and O–H groups in total. The van der Waals surface area contributed by atoms with E-state index in [2.05, 4.69) is 42.2 Å². The molecule has 3 rings (SSSR count). The van der Waals surface area contributed by atoms with E-state index in [-0.39, 0.29) is 0 Å². The highest BCUT2D eigenvalue weighted by Gasteiger charge is 2.12. The van der Waals surface area contributed by atoms with E-state index in [1.165, 1.54) is 0 Å². The van der Waals surface area contributed by atoms with Crippen LogP contribution in [0, 0.1) is 12.3 Å². The highest BCUT2D eigenvalue weighted by atomic mass is 79.9. The minimum atomic E-state index is 0.295. The van der Waals surface area contributed by atoms with Crippen molar-refractivity contribution in [3.8, 4) is 29.4 Å². The molecule has 0 atom stereocenters. The van der Waals surface area contributed by atoms with Crippen molar-refractivity contribution < 1.29 is 0 Å². The Balaban J connectivity index is 1.96. The lowest BCUT2D eigenvalue weighted by molar-refractivity contribution is 0.810. The second-order valence-electron chi connectivity index (χ2n) is 4.81. The zero-order valence-corrected chi connectivity index (χ0v) is 14.7. The summed E-state index contributed by atoms with van der Waals surface area (Å²) in [6.07, 6.45) is 8.80. The maximum atomic E-state index is 5.92. The van der Waals surface area contributed by atoms with E-state index < -0.39 is 0 Å². The Labute approximate surface area is 152 Å². The summed E-state index contributed by atoms with van der Waals surface area (Å²) in [6, 6.07) is 7.48. The summed E-state index contributed by atoms with van der Waals surface area (Å²) in [5.74, 6) is 3.64. The van der Waals surface area contributed by atoms with Crippen molar-refractivity contribution in [3.05, 3.63) is 46.2 Å². The lowest BCUT2D eigenvalue weighted by Crippen LogP contribution is -2.10. The van der Waals surface area contributed by atoms with Crippen molar-refractivity contribution >= 4 is 39.2 Å². The fraction of sp³-hybridized carbons (Fsp3) is 0.0625. The summed E-state index contributed by atoms with van der Waals surface area (Å²) in [4.78, 5) is 8.64. The summed E-state index contributed by atoms with van der Waals surface area (Å²) in [5.41, 5.74) is 7.82. The summed E-state index contributed by atoms with van der Waals surface area (Å²) in [6.45, 7) is 0.323. The molecule has 120 valence electrons. The highest BCUT2D eigenvalue weighted by molar-refractivity contribution is 9.10. The number of hydrogen-bond donors (Lipinski definition) is 2. The predicted octanol–water partition coefficient (Wildman–Crippen LogP) is 3.37. The quantitative estimate of drug-likeness (QED) is 0.653. The van der Waals surface area contributed by atoms with Gasteiger partial charge in [0, 0.05) is 16.8 Å². The van der Waals surface area contributed by atoms with Gasteiger partial charge in [0.05, 0.1) is 12.7 Å². The van der Waals surface area contributed by atoms with Gasteiger partial charge in [-0.15, -0.1) is 6.42 Å². The van der Waals surface area contributed by atoms with Crippen LogP contribution in [0.3, 0.4) is 0 Å². The third kappa shape index (κ3) is 3.35. The minimum absolute atomic E-state index is 0.295. The zero-order valence-electron chi connectivity index (χ0n) is 12.4. The van der Waals surface area contributed by atoms with Gasteiger partial charge in [0.15, 0.2) is 0 Å². The number of benzene rings is 1. The van der Waals surface area contributed by atoms with Crippen molar-refractivity contribution in [1.29, 1.82) is 0 Å². The molecular formula is C16H12BrClN6. The van der Waals surface area contributed by atoms with Crippen molar-refractivity contribution in [3.63, 3.8) is 0 Å². The standard InChI is InChI=1S/C16H12BrClN6/c1-2-7-20-15-13(17)14(19)22-16(23-15)24-9-11(8-21-24)10-3-5-12(18)6-4-10/h1,3-6,8-9H,7H2,(H3,19,20,22,23). The molecule has 0 saturated heterocycles. The number of aromatic nitrogens is 4. The average Bonchev–Trinajstić information content (AvgIpc) is 3.07. The smallest absolute Gasteiger partial charge is 0.254 e. The molecule has 0 saturated carbocycles. The van der Waals surface area contributed by atoms with Crippen LogP contribution < -0.4 is 11.1 Å². The van der Waals surface area contributed by atoms with Crippen LogP contribution in [-0.4, -0.2) is 26.3 Å². The van der Waals surface area contributed by atoms with Crippen LogP contribution in [0.4, 0.5) is 11.6 Å². The number of anilines is 2. The lowest BCUT2D eigenvalue weighted by Gasteiger charge is -2.09. The van der Waals surface area contributed by atoms with Gasteiger partial charge in [-0.25, -0.2) is 4.68 Å². The van der Waals surface area contributed by atoms with Gasteiger partial charge in [0.2, 0.25) is 0 Å². The molecule has 0 amide bonds. The predicted molar refractivity (Wildman–Crippen MR) is 99.0 cm³/mol. The van der Waals surface area contributed by atoms with Crippen LogP contribution in [0.25, 0.3) is 17.1 Å². The maximum absolute atomic E-state index is 5.92. The highest BCUT2D eigenvalue weighted by Crippen LogP contribution is 2.27. The number of nitrogen functional groups attached to an aromatic ring is 1. The molecule has 24 heavy (non-hydrogen) atoms. The second kappa shape index (κ2) is 6.91. The van der Waals surface area contributed by atoms with E-state index in [4.69, 9.17) is 23.8 Å². The van der Waals surface area contributed by atoms with Crippen LogP contribution in [0.15, 0.2) is 41.1 Å². The van der Waals surface area contributed by atoms with Crippen LogP contribution in [0.5, 0.6) is 0 Å². The summed E-state index contributed by atoms with van der Waals surface area (Å²) in [7, 11) is 0. The average molecular weight is 404 g/mol. The molecular weight excluding hydrogens is 392 g/mol. The third-order valence-corrected chi connectivity index (χ3v) is 4.22. The number of nitrogens with two attached hydrogens (primary N) is 1. The second-order valence-corrected chi connectivity index (χ2v) is 6.04. The van der Waals surface area contributed by atoms with Crippen LogP contribution in [0.2, 0.25) is 5.02 Å². The molecule has 0 aliphatic carbocycles. The van der Waals surface area contributed by atoms with E-state index in [1.54, 1.807) is 10.9 Å². The zero-order chi connectivity index (χ0) is 17.1. The Kier molecular flexibility index (Phi) is 4.69. The van der Waals surface area contributed by atoms with Gasteiger partial charge in [-0.2, -0.15) is 15.1 Å². The number of hydrogen-bond acceptors (Lipinski definition) is 5. The van der Waals surface area contributed by atoms with Crippen LogP contribution >= 0.6 is 27.5 Å².